The van der Waals surface area contributed by atoms with E-state index in [1.807, 2.05) is 0 Å². The number of aliphatic hydroxyl groups excluding tert-OH is 1. The molecule has 0 aliphatic rings. The summed E-state index contributed by atoms with van der Waals surface area (Å²) in [6, 6.07) is 6.33. The number of rotatable bonds is 4. The summed E-state index contributed by atoms with van der Waals surface area (Å²) in [6.07, 6.45) is 1.52. The van der Waals surface area contributed by atoms with Gasteiger partial charge in [0.2, 0.25) is 0 Å². The number of anilines is 1. The Morgan fingerprint density at radius 3 is 2.57 bits per heavy atom. The zero-order valence-corrected chi connectivity index (χ0v) is 15.0. The van der Waals surface area contributed by atoms with Crippen LogP contribution in [0.25, 0.3) is 0 Å². The fourth-order valence-corrected chi connectivity index (χ4v) is 4.34. The number of aryl methyl sites for hydroxylation is 1. The van der Waals surface area contributed by atoms with E-state index < -0.39 is 10.0 Å². The first-order valence-electron chi connectivity index (χ1n) is 5.88. The van der Waals surface area contributed by atoms with Gasteiger partial charge in [0, 0.05) is 15.1 Å². The van der Waals surface area contributed by atoms with E-state index in [-0.39, 0.29) is 17.3 Å². The van der Waals surface area contributed by atoms with Gasteiger partial charge in [0.15, 0.2) is 0 Å². The van der Waals surface area contributed by atoms with Crippen LogP contribution in [0.4, 0.5) is 5.82 Å². The molecule has 0 atom stereocenters. The van der Waals surface area contributed by atoms with Crippen LogP contribution in [0.15, 0.2) is 44.3 Å². The average Bonchev–Trinajstić information content (AvgIpc) is 2.41. The normalized spacial score (nSPS) is 11.4. The molecule has 0 radical (unpaired) electrons. The second-order valence-corrected chi connectivity index (χ2v) is 7.77. The molecular formula is C13H12Br2N2O3S. The van der Waals surface area contributed by atoms with Gasteiger partial charge in [-0.1, -0.05) is 6.07 Å². The first-order valence-corrected chi connectivity index (χ1v) is 8.94. The van der Waals surface area contributed by atoms with Gasteiger partial charge in [0.05, 0.1) is 6.61 Å². The van der Waals surface area contributed by atoms with Crippen molar-refractivity contribution in [1.82, 2.24) is 4.98 Å². The molecule has 0 unspecified atom stereocenters. The Morgan fingerprint density at radius 2 is 2.00 bits per heavy atom. The zero-order chi connectivity index (χ0) is 15.6. The molecule has 1 aromatic carbocycles. The highest BCUT2D eigenvalue weighted by Gasteiger charge is 2.19. The van der Waals surface area contributed by atoms with Gasteiger partial charge < -0.3 is 5.11 Å². The quantitative estimate of drug-likeness (QED) is 0.772. The number of sulfonamides is 1. The maximum absolute atomic E-state index is 12.4. The summed E-state index contributed by atoms with van der Waals surface area (Å²) in [7, 11) is -3.76. The van der Waals surface area contributed by atoms with Crippen LogP contribution in [0.5, 0.6) is 0 Å². The van der Waals surface area contributed by atoms with Crippen LogP contribution in [0.3, 0.4) is 0 Å². The number of halogens is 2. The Labute approximate surface area is 139 Å². The van der Waals surface area contributed by atoms with Gasteiger partial charge in [0.1, 0.15) is 10.7 Å². The van der Waals surface area contributed by atoms with Crippen LogP contribution in [-0.2, 0) is 16.6 Å². The van der Waals surface area contributed by atoms with Gasteiger partial charge in [0.25, 0.3) is 10.0 Å². The zero-order valence-electron chi connectivity index (χ0n) is 11.0. The van der Waals surface area contributed by atoms with Crippen molar-refractivity contribution in [2.45, 2.75) is 18.4 Å². The van der Waals surface area contributed by atoms with Crippen molar-refractivity contribution in [2.75, 3.05) is 4.72 Å². The monoisotopic (exact) mass is 434 g/mol. The summed E-state index contributed by atoms with van der Waals surface area (Å²) < 4.78 is 28.4. The molecule has 2 N–H and O–H groups in total. The lowest BCUT2D eigenvalue weighted by atomic mass is 10.2. The molecule has 1 heterocycles. The van der Waals surface area contributed by atoms with E-state index in [1.165, 1.54) is 12.3 Å². The lowest BCUT2D eigenvalue weighted by Gasteiger charge is -2.11. The molecule has 0 saturated carbocycles. The number of nitrogens with zero attached hydrogens (tertiary/aromatic N) is 1. The van der Waals surface area contributed by atoms with Crippen molar-refractivity contribution in [1.29, 1.82) is 0 Å². The Bertz CT molecular complexity index is 779. The smallest absolute Gasteiger partial charge is 0.264 e. The van der Waals surface area contributed by atoms with Crippen LogP contribution in [-0.4, -0.2) is 18.5 Å². The second kappa shape index (κ2) is 6.43. The molecule has 21 heavy (non-hydrogen) atoms. The average molecular weight is 436 g/mol. The molecule has 0 fully saturated rings. The van der Waals surface area contributed by atoms with Crippen molar-refractivity contribution in [3.8, 4) is 0 Å². The number of pyridine rings is 1. The molecule has 1 aromatic heterocycles. The summed E-state index contributed by atoms with van der Waals surface area (Å²) in [5.41, 5.74) is 1.33. The van der Waals surface area contributed by atoms with Crippen LogP contribution >= 0.6 is 31.9 Å². The van der Waals surface area contributed by atoms with E-state index in [9.17, 15) is 8.42 Å². The molecule has 5 nitrogen and oxygen atoms in total. The third kappa shape index (κ3) is 3.82. The summed E-state index contributed by atoms with van der Waals surface area (Å²) >= 11 is 6.49. The van der Waals surface area contributed by atoms with Gasteiger partial charge in [-0.2, -0.15) is 0 Å². The highest BCUT2D eigenvalue weighted by Crippen LogP contribution is 2.26. The Balaban J connectivity index is 2.38. The summed E-state index contributed by atoms with van der Waals surface area (Å²) in [6.45, 7) is 1.61. The predicted octanol–water partition coefficient (Wildman–Crippen LogP) is 3.21. The molecule has 8 heteroatoms. The van der Waals surface area contributed by atoms with E-state index >= 15 is 0 Å². The van der Waals surface area contributed by atoms with Gasteiger partial charge >= 0.3 is 0 Å². The Hall–Kier alpha value is -0.960. The SMILES string of the molecule is Cc1cc(Br)cnc1NS(=O)(=O)c1ccc(CO)cc1Br. The highest BCUT2D eigenvalue weighted by atomic mass is 79.9. The minimum absolute atomic E-state index is 0.0869. The van der Waals surface area contributed by atoms with E-state index in [0.29, 0.717) is 15.6 Å². The molecule has 2 aromatic rings. The predicted molar refractivity (Wildman–Crippen MR) is 87.5 cm³/mol. The molecule has 0 bridgehead atoms. The minimum atomic E-state index is -3.76. The fourth-order valence-electron chi connectivity index (χ4n) is 1.69. The van der Waals surface area contributed by atoms with Gasteiger partial charge in [-0.05, 0) is 68.1 Å². The topological polar surface area (TPSA) is 79.3 Å². The Kier molecular flexibility index (Phi) is 5.03. The van der Waals surface area contributed by atoms with Crippen molar-refractivity contribution < 1.29 is 13.5 Å². The van der Waals surface area contributed by atoms with Crippen LogP contribution in [0.2, 0.25) is 0 Å². The molecule has 0 aliphatic carbocycles. The number of hydrogen-bond acceptors (Lipinski definition) is 4. The number of benzene rings is 1. The third-order valence-corrected chi connectivity index (χ3v) is 5.49. The standard InChI is InChI=1S/C13H12Br2N2O3S/c1-8-4-10(14)6-16-13(8)17-21(19,20)12-3-2-9(7-18)5-11(12)15/h2-6,18H,7H2,1H3,(H,16,17). The minimum Gasteiger partial charge on any atom is -0.392 e. The van der Waals surface area contributed by atoms with Crippen molar-refractivity contribution in [3.05, 3.63) is 50.5 Å². The van der Waals surface area contributed by atoms with Gasteiger partial charge in [-0.15, -0.1) is 0 Å². The number of aliphatic hydroxyl groups is 1. The number of nitrogens with one attached hydrogen (secondary N) is 1. The van der Waals surface area contributed by atoms with Crippen molar-refractivity contribution in [3.63, 3.8) is 0 Å². The fraction of sp³-hybridized carbons (Fsp3) is 0.154. The molecule has 0 amide bonds. The van der Waals surface area contributed by atoms with Crippen molar-refractivity contribution >= 4 is 47.7 Å². The maximum Gasteiger partial charge on any atom is 0.264 e. The maximum atomic E-state index is 12.4. The van der Waals surface area contributed by atoms with Crippen LogP contribution in [0, 0.1) is 6.92 Å². The van der Waals surface area contributed by atoms with E-state index in [4.69, 9.17) is 5.11 Å². The molecule has 0 aliphatic heterocycles. The summed E-state index contributed by atoms with van der Waals surface area (Å²) in [5, 5.41) is 9.05. The summed E-state index contributed by atoms with van der Waals surface area (Å²) in [5.74, 6) is 0.274. The molecular weight excluding hydrogens is 424 g/mol. The third-order valence-electron chi connectivity index (χ3n) is 2.74. The largest absolute Gasteiger partial charge is 0.392 e. The second-order valence-electron chi connectivity index (χ2n) is 4.35. The van der Waals surface area contributed by atoms with Gasteiger partial charge in [-0.25, -0.2) is 13.4 Å². The molecule has 2 rings (SSSR count). The number of aromatic nitrogens is 1. The van der Waals surface area contributed by atoms with Crippen LogP contribution in [0.1, 0.15) is 11.1 Å². The van der Waals surface area contributed by atoms with E-state index in [2.05, 4.69) is 41.6 Å². The van der Waals surface area contributed by atoms with Crippen molar-refractivity contribution in [2.24, 2.45) is 0 Å². The van der Waals surface area contributed by atoms with E-state index in [0.717, 1.165) is 4.47 Å². The van der Waals surface area contributed by atoms with E-state index in [1.54, 1.807) is 25.1 Å². The lowest BCUT2D eigenvalue weighted by Crippen LogP contribution is -2.15. The first kappa shape index (κ1) is 16.4. The molecule has 0 saturated heterocycles. The highest BCUT2D eigenvalue weighted by molar-refractivity contribution is 9.10. The van der Waals surface area contributed by atoms with Gasteiger partial charge in [-0.3, -0.25) is 4.72 Å². The first-order chi connectivity index (χ1) is 9.83. The Morgan fingerprint density at radius 1 is 1.29 bits per heavy atom. The molecule has 0 spiro atoms. The number of hydrogen-bond donors (Lipinski definition) is 2. The lowest BCUT2D eigenvalue weighted by molar-refractivity contribution is 0.281. The van der Waals surface area contributed by atoms with Crippen LogP contribution < -0.4 is 4.72 Å². The molecule has 112 valence electrons. The summed E-state index contributed by atoms with van der Waals surface area (Å²) in [4.78, 5) is 4.15.